The number of nitrogens with zero attached hydrogens (tertiary/aromatic N) is 1. The highest BCUT2D eigenvalue weighted by molar-refractivity contribution is 6.30. The normalized spacial score (nSPS) is 16.0. The molecule has 3 rings (SSSR count). The first-order valence-corrected chi connectivity index (χ1v) is 9.95. The molecule has 7 nitrogen and oxygen atoms in total. The fraction of sp³-hybridized carbons (Fsp3) is 0.476. The maximum absolute atomic E-state index is 12.8. The summed E-state index contributed by atoms with van der Waals surface area (Å²) in [6.45, 7) is 7.57. The number of aromatic nitrogens is 1. The molecule has 1 fully saturated rings. The summed E-state index contributed by atoms with van der Waals surface area (Å²) < 4.78 is 10.5. The Labute approximate surface area is 175 Å². The average molecular weight is 420 g/mol. The van der Waals surface area contributed by atoms with Crippen LogP contribution in [-0.2, 0) is 4.74 Å². The van der Waals surface area contributed by atoms with Crippen molar-refractivity contribution in [3.05, 3.63) is 41.1 Å². The SMILES string of the molecule is CC(C)(C)OC(=O)NCC(C)(NC(=O)c1cc(-c2cccc(Cl)c2)no1)C1CC1. The van der Waals surface area contributed by atoms with Gasteiger partial charge in [-0.3, -0.25) is 4.79 Å². The van der Waals surface area contributed by atoms with Gasteiger partial charge in [-0.1, -0.05) is 28.9 Å². The van der Waals surface area contributed by atoms with Gasteiger partial charge in [0.25, 0.3) is 5.91 Å². The smallest absolute Gasteiger partial charge is 0.407 e. The number of benzene rings is 1. The molecule has 2 amide bonds. The topological polar surface area (TPSA) is 93.5 Å². The third kappa shape index (κ3) is 5.73. The maximum Gasteiger partial charge on any atom is 0.407 e. The zero-order valence-electron chi connectivity index (χ0n) is 17.0. The summed E-state index contributed by atoms with van der Waals surface area (Å²) >= 11 is 6.01. The van der Waals surface area contributed by atoms with Crippen molar-refractivity contribution in [1.29, 1.82) is 0 Å². The van der Waals surface area contributed by atoms with Gasteiger partial charge in [0.1, 0.15) is 11.3 Å². The van der Waals surface area contributed by atoms with Gasteiger partial charge in [-0.05, 0) is 58.6 Å². The van der Waals surface area contributed by atoms with Crippen LogP contribution in [0.25, 0.3) is 11.3 Å². The second-order valence-corrected chi connectivity index (χ2v) is 9.02. The summed E-state index contributed by atoms with van der Waals surface area (Å²) in [5.41, 5.74) is 0.0890. The van der Waals surface area contributed by atoms with Gasteiger partial charge >= 0.3 is 6.09 Å². The van der Waals surface area contributed by atoms with Gasteiger partial charge in [-0.25, -0.2) is 4.79 Å². The number of hydrogen-bond acceptors (Lipinski definition) is 5. The van der Waals surface area contributed by atoms with E-state index < -0.39 is 17.2 Å². The summed E-state index contributed by atoms with van der Waals surface area (Å²) in [5.74, 6) is -0.00741. The molecule has 0 spiro atoms. The number of amides is 2. The van der Waals surface area contributed by atoms with Crippen molar-refractivity contribution < 1.29 is 18.8 Å². The lowest BCUT2D eigenvalue weighted by Crippen LogP contribution is -2.55. The Balaban J connectivity index is 1.66. The Bertz CT molecular complexity index is 901. The third-order valence-corrected chi connectivity index (χ3v) is 4.97. The number of carbonyl (C=O) groups is 2. The van der Waals surface area contributed by atoms with Crippen LogP contribution in [0.3, 0.4) is 0 Å². The standard InChI is InChI=1S/C21H26ClN3O4/c1-20(2,3)28-19(27)23-12-21(4,14-8-9-14)24-18(26)17-11-16(25-29-17)13-6-5-7-15(22)10-13/h5-7,10-11,14H,8-9,12H2,1-4H3,(H,23,27)(H,24,26). The van der Waals surface area contributed by atoms with Crippen LogP contribution in [0.1, 0.15) is 51.1 Å². The van der Waals surface area contributed by atoms with Crippen LogP contribution < -0.4 is 10.6 Å². The summed E-state index contributed by atoms with van der Waals surface area (Å²) in [6, 6.07) is 8.73. The number of halogens is 1. The Morgan fingerprint density at radius 2 is 1.97 bits per heavy atom. The fourth-order valence-corrected chi connectivity index (χ4v) is 3.26. The van der Waals surface area contributed by atoms with Crippen LogP contribution in [0.5, 0.6) is 0 Å². The Hall–Kier alpha value is -2.54. The molecule has 29 heavy (non-hydrogen) atoms. The molecule has 156 valence electrons. The lowest BCUT2D eigenvalue weighted by atomic mass is 9.95. The first-order chi connectivity index (χ1) is 13.6. The van der Waals surface area contributed by atoms with Gasteiger partial charge in [0.05, 0.1) is 5.54 Å². The molecule has 1 atom stereocenters. The van der Waals surface area contributed by atoms with E-state index in [9.17, 15) is 9.59 Å². The number of ether oxygens (including phenoxy) is 1. The molecule has 1 saturated carbocycles. The molecule has 1 unspecified atom stereocenters. The Kier molecular flexibility index (Phi) is 5.89. The number of nitrogens with one attached hydrogen (secondary N) is 2. The van der Waals surface area contributed by atoms with E-state index in [1.54, 1.807) is 45.0 Å². The zero-order chi connectivity index (χ0) is 21.2. The van der Waals surface area contributed by atoms with E-state index in [0.29, 0.717) is 10.7 Å². The van der Waals surface area contributed by atoms with Crippen LogP contribution >= 0.6 is 11.6 Å². The molecule has 0 radical (unpaired) electrons. The van der Waals surface area contributed by atoms with Crippen molar-refractivity contribution >= 4 is 23.6 Å². The number of alkyl carbamates (subject to hydrolysis) is 1. The molecule has 1 aromatic heterocycles. The van der Waals surface area contributed by atoms with Gasteiger partial charge in [0.2, 0.25) is 5.76 Å². The van der Waals surface area contributed by atoms with E-state index in [4.69, 9.17) is 20.9 Å². The van der Waals surface area contributed by atoms with Crippen molar-refractivity contribution in [2.75, 3.05) is 6.54 Å². The lowest BCUT2D eigenvalue weighted by molar-refractivity contribution is 0.0501. The van der Waals surface area contributed by atoms with Crippen LogP contribution in [0, 0.1) is 5.92 Å². The summed E-state index contributed by atoms with van der Waals surface area (Å²) in [6.07, 6.45) is 1.45. The molecule has 1 heterocycles. The maximum atomic E-state index is 12.8. The molecular formula is C21H26ClN3O4. The van der Waals surface area contributed by atoms with Crippen LogP contribution in [0.4, 0.5) is 4.79 Å². The molecule has 1 aromatic carbocycles. The van der Waals surface area contributed by atoms with Crippen LogP contribution in [-0.4, -0.2) is 34.8 Å². The third-order valence-electron chi connectivity index (χ3n) is 4.73. The predicted octanol–water partition coefficient (Wildman–Crippen LogP) is 4.42. The average Bonchev–Trinajstić information content (AvgIpc) is 3.36. The van der Waals surface area contributed by atoms with Gasteiger partial charge in [0.15, 0.2) is 0 Å². The molecule has 0 aliphatic heterocycles. The van der Waals surface area contributed by atoms with Gasteiger partial charge in [-0.15, -0.1) is 0 Å². The molecule has 2 N–H and O–H groups in total. The summed E-state index contributed by atoms with van der Waals surface area (Å²) in [4.78, 5) is 24.8. The van der Waals surface area contributed by atoms with Crippen molar-refractivity contribution in [3.8, 4) is 11.3 Å². The molecule has 1 aliphatic carbocycles. The molecule has 2 aromatic rings. The van der Waals surface area contributed by atoms with Crippen molar-refractivity contribution in [2.45, 2.75) is 51.7 Å². The number of carbonyl (C=O) groups excluding carboxylic acids is 2. The highest BCUT2D eigenvalue weighted by atomic mass is 35.5. The van der Waals surface area contributed by atoms with Gasteiger partial charge in [-0.2, -0.15) is 0 Å². The Morgan fingerprint density at radius 3 is 2.59 bits per heavy atom. The van der Waals surface area contributed by atoms with Gasteiger partial charge < -0.3 is 19.9 Å². The quantitative estimate of drug-likeness (QED) is 0.722. The minimum Gasteiger partial charge on any atom is -0.444 e. The first kappa shape index (κ1) is 21.2. The highest BCUT2D eigenvalue weighted by Gasteiger charge is 2.43. The minimum atomic E-state index is -0.614. The lowest BCUT2D eigenvalue weighted by Gasteiger charge is -2.31. The molecule has 0 saturated heterocycles. The van der Waals surface area contributed by atoms with Crippen molar-refractivity contribution in [2.24, 2.45) is 5.92 Å². The fourth-order valence-electron chi connectivity index (χ4n) is 3.07. The number of rotatable bonds is 6. The highest BCUT2D eigenvalue weighted by Crippen LogP contribution is 2.39. The minimum absolute atomic E-state index is 0.101. The molecule has 0 bridgehead atoms. The van der Waals surface area contributed by atoms with Crippen molar-refractivity contribution in [3.63, 3.8) is 0 Å². The second-order valence-electron chi connectivity index (χ2n) is 8.59. The van der Waals surface area contributed by atoms with E-state index in [1.165, 1.54) is 0 Å². The summed E-state index contributed by atoms with van der Waals surface area (Å²) in [7, 11) is 0. The molecule has 1 aliphatic rings. The largest absolute Gasteiger partial charge is 0.444 e. The van der Waals surface area contributed by atoms with E-state index in [0.717, 1.165) is 18.4 Å². The van der Waals surface area contributed by atoms with Crippen molar-refractivity contribution in [1.82, 2.24) is 15.8 Å². The first-order valence-electron chi connectivity index (χ1n) is 9.58. The number of hydrogen-bond donors (Lipinski definition) is 2. The summed E-state index contributed by atoms with van der Waals surface area (Å²) in [5, 5.41) is 10.3. The zero-order valence-corrected chi connectivity index (χ0v) is 17.8. The predicted molar refractivity (Wildman–Crippen MR) is 110 cm³/mol. The monoisotopic (exact) mass is 419 g/mol. The Morgan fingerprint density at radius 1 is 1.24 bits per heavy atom. The molecular weight excluding hydrogens is 394 g/mol. The second kappa shape index (κ2) is 8.06. The molecule has 8 heteroatoms. The van der Waals surface area contributed by atoms with Crippen LogP contribution in [0.2, 0.25) is 5.02 Å². The van der Waals surface area contributed by atoms with Gasteiger partial charge in [0, 0.05) is 23.2 Å². The van der Waals surface area contributed by atoms with E-state index in [1.807, 2.05) is 13.0 Å². The van der Waals surface area contributed by atoms with E-state index >= 15 is 0 Å². The van der Waals surface area contributed by atoms with Crippen LogP contribution in [0.15, 0.2) is 34.9 Å². The van der Waals surface area contributed by atoms with E-state index in [2.05, 4.69) is 15.8 Å². The van der Waals surface area contributed by atoms with E-state index in [-0.39, 0.29) is 24.1 Å².